The van der Waals surface area contributed by atoms with Crippen molar-refractivity contribution in [3.8, 4) is 100 Å². The van der Waals surface area contributed by atoms with Gasteiger partial charge in [0.1, 0.15) is 0 Å². The third-order valence-electron chi connectivity index (χ3n) is 17.7. The molecule has 0 unspecified atom stereocenters. The Morgan fingerprint density at radius 2 is 0.460 bits per heavy atom. The molecular formula is C84H57BN2. The summed E-state index contributed by atoms with van der Waals surface area (Å²) in [5, 5.41) is 0. The molecule has 2 aliphatic heterocycles. The van der Waals surface area contributed by atoms with Gasteiger partial charge in [0.15, 0.2) is 0 Å². The Morgan fingerprint density at radius 3 is 0.816 bits per heavy atom. The highest BCUT2D eigenvalue weighted by molar-refractivity contribution is 7.00. The summed E-state index contributed by atoms with van der Waals surface area (Å²) in [7, 11) is 0. The zero-order chi connectivity index (χ0) is 57.6. The SMILES string of the molecule is c1ccc(-c2ccc(N3c4ccc(-c5ccccc5-c5ccccc5)cc4B4c5cc(-c6ccccc6-c6ccccc6)ccc5N(c5ccc(-c6ccccc6)cc5)c5cc(-c6c(-c7ccccc7)cccc6-c6ccccc6)cc3c54)cc2)cc1. The normalized spacial score (nSPS) is 12.1. The zero-order valence-corrected chi connectivity index (χ0v) is 47.9. The quantitative estimate of drug-likeness (QED) is 0.119. The molecule has 0 bridgehead atoms. The van der Waals surface area contributed by atoms with Gasteiger partial charge in [0.25, 0.3) is 6.71 Å². The van der Waals surface area contributed by atoms with E-state index >= 15 is 0 Å². The average molecular weight is 1110 g/mol. The monoisotopic (exact) mass is 1100 g/mol. The van der Waals surface area contributed by atoms with Crippen LogP contribution in [0.2, 0.25) is 0 Å². The summed E-state index contributed by atoms with van der Waals surface area (Å²) < 4.78 is 0. The Bertz CT molecular complexity index is 4520. The molecule has 0 aliphatic carbocycles. The van der Waals surface area contributed by atoms with Gasteiger partial charge < -0.3 is 9.80 Å². The van der Waals surface area contributed by atoms with Gasteiger partial charge in [0.05, 0.1) is 0 Å². The molecule has 0 N–H and O–H groups in total. The maximum absolute atomic E-state index is 2.57. The standard InChI is InChI=1S/C84H57BN2/c1-7-24-58(25-8-1)60-42-48-69(49-43-60)86-79-52-46-66(73-38-21-19-36-71(73)62-28-11-3-12-29-62)54-77(79)85-78-55-67(74-39-22-20-37-72(74)63-30-13-4-14-31-63)47-53-80(78)87(70-50-44-61(45-51-70)59-26-9-2-10-27-59)82-57-68(56-81(86)84(82)85)83-75(64-32-15-5-16-33-64)40-23-41-76(83)65-34-17-6-18-35-65/h1-57H. The van der Waals surface area contributed by atoms with Crippen LogP contribution in [0.25, 0.3) is 100 Å². The van der Waals surface area contributed by atoms with E-state index in [1.807, 2.05) is 0 Å². The molecule has 3 heteroatoms. The van der Waals surface area contributed by atoms with Gasteiger partial charge in [-0.1, -0.05) is 297 Å². The maximum atomic E-state index is 2.57. The first-order valence-corrected chi connectivity index (χ1v) is 30.1. The van der Waals surface area contributed by atoms with Crippen LogP contribution in [0.3, 0.4) is 0 Å². The van der Waals surface area contributed by atoms with Crippen LogP contribution < -0.4 is 26.2 Å². The Morgan fingerprint density at radius 1 is 0.184 bits per heavy atom. The van der Waals surface area contributed by atoms with E-state index in [2.05, 4.69) is 356 Å². The van der Waals surface area contributed by atoms with Crippen molar-refractivity contribution in [2.45, 2.75) is 0 Å². The summed E-state index contributed by atoms with van der Waals surface area (Å²) in [6, 6.07) is 128. The van der Waals surface area contributed by atoms with E-state index in [-0.39, 0.29) is 6.71 Å². The van der Waals surface area contributed by atoms with Crippen LogP contribution in [0.15, 0.2) is 346 Å². The number of anilines is 6. The van der Waals surface area contributed by atoms with Gasteiger partial charge >= 0.3 is 0 Å². The highest BCUT2D eigenvalue weighted by Crippen LogP contribution is 2.50. The van der Waals surface area contributed by atoms with Crippen molar-refractivity contribution in [3.63, 3.8) is 0 Å². The summed E-state index contributed by atoms with van der Waals surface area (Å²) in [6.07, 6.45) is 0. The van der Waals surface area contributed by atoms with Crippen LogP contribution in [-0.2, 0) is 0 Å². The van der Waals surface area contributed by atoms with Gasteiger partial charge in [-0.2, -0.15) is 0 Å². The minimum Gasteiger partial charge on any atom is -0.311 e. The van der Waals surface area contributed by atoms with Crippen LogP contribution in [-0.4, -0.2) is 6.71 Å². The lowest BCUT2D eigenvalue weighted by Crippen LogP contribution is -2.61. The third-order valence-corrected chi connectivity index (χ3v) is 17.7. The minimum absolute atomic E-state index is 0.195. The first kappa shape index (κ1) is 51.4. The van der Waals surface area contributed by atoms with Crippen molar-refractivity contribution in [2.75, 3.05) is 9.80 Å². The third kappa shape index (κ3) is 9.25. The van der Waals surface area contributed by atoms with Crippen LogP contribution in [0.1, 0.15) is 0 Å². The first-order valence-electron chi connectivity index (χ1n) is 30.1. The summed E-state index contributed by atoms with van der Waals surface area (Å²) in [4.78, 5) is 5.14. The highest BCUT2D eigenvalue weighted by atomic mass is 15.2. The van der Waals surface area contributed by atoms with E-state index in [4.69, 9.17) is 0 Å². The van der Waals surface area contributed by atoms with Crippen molar-refractivity contribution in [3.05, 3.63) is 346 Å². The molecule has 0 atom stereocenters. The molecule has 406 valence electrons. The molecule has 0 spiro atoms. The zero-order valence-electron chi connectivity index (χ0n) is 47.9. The van der Waals surface area contributed by atoms with E-state index in [9.17, 15) is 0 Å². The topological polar surface area (TPSA) is 6.48 Å². The van der Waals surface area contributed by atoms with Gasteiger partial charge in [0.2, 0.25) is 0 Å². The lowest BCUT2D eigenvalue weighted by Gasteiger charge is -2.45. The second kappa shape index (κ2) is 22.1. The molecule has 0 fully saturated rings. The van der Waals surface area contributed by atoms with E-state index in [1.165, 1.54) is 111 Å². The van der Waals surface area contributed by atoms with Crippen molar-refractivity contribution >= 4 is 57.2 Å². The van der Waals surface area contributed by atoms with Gasteiger partial charge in [-0.3, -0.25) is 0 Å². The number of fused-ring (bicyclic) bond motifs is 4. The Hall–Kier alpha value is -11.3. The number of nitrogens with zero attached hydrogens (tertiary/aromatic N) is 2. The summed E-state index contributed by atoms with van der Waals surface area (Å²) >= 11 is 0. The molecule has 14 aromatic rings. The van der Waals surface area contributed by atoms with E-state index in [0.717, 1.165) is 39.7 Å². The van der Waals surface area contributed by atoms with Gasteiger partial charge in [0, 0.05) is 34.1 Å². The van der Waals surface area contributed by atoms with E-state index in [0.29, 0.717) is 0 Å². The van der Waals surface area contributed by atoms with Crippen LogP contribution in [0, 0.1) is 0 Å². The van der Waals surface area contributed by atoms with E-state index in [1.54, 1.807) is 0 Å². The fraction of sp³-hybridized carbons (Fsp3) is 0. The second-order valence-electron chi connectivity index (χ2n) is 22.7. The molecule has 0 saturated heterocycles. The Kier molecular flexibility index (Phi) is 13.0. The van der Waals surface area contributed by atoms with E-state index < -0.39 is 0 Å². The summed E-state index contributed by atoms with van der Waals surface area (Å²) in [6.45, 7) is -0.195. The number of benzene rings is 14. The lowest BCUT2D eigenvalue weighted by molar-refractivity contribution is 1.25. The summed E-state index contributed by atoms with van der Waals surface area (Å²) in [5.74, 6) is 0. The molecule has 2 aliphatic rings. The Labute approximate surface area is 510 Å². The largest absolute Gasteiger partial charge is 0.311 e. The van der Waals surface area contributed by atoms with Crippen LogP contribution in [0.5, 0.6) is 0 Å². The predicted octanol–water partition coefficient (Wildman–Crippen LogP) is 20.8. The molecular weight excluding hydrogens is 1050 g/mol. The Balaban J connectivity index is 1.02. The van der Waals surface area contributed by atoms with Gasteiger partial charge in [-0.25, -0.2) is 0 Å². The van der Waals surface area contributed by atoms with Crippen molar-refractivity contribution in [1.82, 2.24) is 0 Å². The van der Waals surface area contributed by atoms with Crippen LogP contribution in [0.4, 0.5) is 34.1 Å². The number of rotatable bonds is 11. The first-order chi connectivity index (χ1) is 43.2. The number of hydrogen-bond acceptors (Lipinski definition) is 2. The van der Waals surface area contributed by atoms with Crippen molar-refractivity contribution < 1.29 is 0 Å². The highest BCUT2D eigenvalue weighted by Gasteiger charge is 2.44. The molecule has 14 aromatic carbocycles. The molecule has 2 nitrogen and oxygen atoms in total. The summed E-state index contributed by atoms with van der Waals surface area (Å²) in [5.41, 5.74) is 31.7. The van der Waals surface area contributed by atoms with Crippen LogP contribution >= 0.6 is 0 Å². The van der Waals surface area contributed by atoms with Crippen molar-refractivity contribution in [1.29, 1.82) is 0 Å². The predicted molar refractivity (Wildman–Crippen MR) is 369 cm³/mol. The maximum Gasteiger partial charge on any atom is 0.252 e. The molecule has 16 rings (SSSR count). The van der Waals surface area contributed by atoms with Crippen molar-refractivity contribution in [2.24, 2.45) is 0 Å². The van der Waals surface area contributed by atoms with Gasteiger partial charge in [-0.05, 0) is 165 Å². The average Bonchev–Trinajstić information content (AvgIpc) is 1.28. The molecule has 0 amide bonds. The number of hydrogen-bond donors (Lipinski definition) is 0. The minimum atomic E-state index is -0.195. The molecule has 0 radical (unpaired) electrons. The molecule has 0 saturated carbocycles. The fourth-order valence-electron chi connectivity index (χ4n) is 13.7. The molecule has 0 aromatic heterocycles. The smallest absolute Gasteiger partial charge is 0.252 e. The second-order valence-corrected chi connectivity index (χ2v) is 22.7. The molecule has 2 heterocycles. The fourth-order valence-corrected chi connectivity index (χ4v) is 13.7. The molecule has 87 heavy (non-hydrogen) atoms. The van der Waals surface area contributed by atoms with Gasteiger partial charge in [-0.15, -0.1) is 0 Å². The lowest BCUT2D eigenvalue weighted by atomic mass is 9.33.